The van der Waals surface area contributed by atoms with E-state index in [0.717, 1.165) is 30.4 Å². The molecule has 1 saturated carbocycles. The molecule has 1 fully saturated rings. The minimum Gasteiger partial charge on any atom is -0.469 e. The maximum absolute atomic E-state index is 5.33. The third-order valence-electron chi connectivity index (χ3n) is 3.62. The molecule has 0 amide bonds. The van der Waals surface area contributed by atoms with E-state index in [9.17, 15) is 0 Å². The fraction of sp³-hybridized carbons (Fsp3) is 0.714. The van der Waals surface area contributed by atoms with E-state index in [1.54, 1.807) is 6.26 Å². The molecule has 0 aromatic carbocycles. The normalized spacial score (nSPS) is 19.6. The van der Waals surface area contributed by atoms with E-state index in [-0.39, 0.29) is 0 Å². The summed E-state index contributed by atoms with van der Waals surface area (Å²) in [5, 5.41) is 3.62. The molecule has 1 aliphatic rings. The molecule has 2 rings (SSSR count). The zero-order chi connectivity index (χ0) is 11.4. The van der Waals surface area contributed by atoms with Crippen LogP contribution in [0, 0.1) is 11.8 Å². The Hall–Kier alpha value is -0.760. The summed E-state index contributed by atoms with van der Waals surface area (Å²) in [7, 11) is 0. The molecule has 1 N–H and O–H groups in total. The van der Waals surface area contributed by atoms with Crippen molar-refractivity contribution in [2.45, 2.75) is 45.6 Å². The third kappa shape index (κ3) is 3.67. The summed E-state index contributed by atoms with van der Waals surface area (Å²) in [4.78, 5) is 0. The minimum absolute atomic E-state index is 0.589. The second-order valence-corrected chi connectivity index (χ2v) is 5.24. The zero-order valence-electron chi connectivity index (χ0n) is 10.4. The summed E-state index contributed by atoms with van der Waals surface area (Å²) in [6.45, 7) is 5.80. The Morgan fingerprint density at radius 1 is 1.44 bits per heavy atom. The van der Waals surface area contributed by atoms with Gasteiger partial charge in [-0.25, -0.2) is 0 Å². The minimum atomic E-state index is 0.589. The average molecular weight is 221 g/mol. The Balaban J connectivity index is 1.58. The van der Waals surface area contributed by atoms with Crippen molar-refractivity contribution in [2.24, 2.45) is 11.8 Å². The van der Waals surface area contributed by atoms with Crippen LogP contribution in [0.3, 0.4) is 0 Å². The fourth-order valence-corrected chi connectivity index (χ4v) is 2.13. The van der Waals surface area contributed by atoms with Crippen LogP contribution in [-0.4, -0.2) is 12.6 Å². The number of hydrogen-bond donors (Lipinski definition) is 1. The van der Waals surface area contributed by atoms with Gasteiger partial charge in [-0.05, 0) is 56.7 Å². The molecule has 1 aromatic heterocycles. The first-order valence-corrected chi connectivity index (χ1v) is 6.51. The number of nitrogens with one attached hydrogen (secondary N) is 1. The van der Waals surface area contributed by atoms with Crippen molar-refractivity contribution in [1.29, 1.82) is 0 Å². The van der Waals surface area contributed by atoms with Crippen LogP contribution in [0.1, 0.15) is 38.9 Å². The summed E-state index contributed by atoms with van der Waals surface area (Å²) in [5.74, 6) is 2.96. The van der Waals surface area contributed by atoms with Gasteiger partial charge in [0, 0.05) is 12.5 Å². The summed E-state index contributed by atoms with van der Waals surface area (Å²) in [6.07, 6.45) is 6.85. The molecule has 1 aliphatic carbocycles. The lowest BCUT2D eigenvalue weighted by Crippen LogP contribution is -2.31. The van der Waals surface area contributed by atoms with Gasteiger partial charge in [-0.15, -0.1) is 0 Å². The lowest BCUT2D eigenvalue weighted by Gasteiger charge is -2.16. The van der Waals surface area contributed by atoms with Crippen molar-refractivity contribution >= 4 is 0 Å². The predicted octanol–water partition coefficient (Wildman–Crippen LogP) is 3.24. The van der Waals surface area contributed by atoms with Crippen LogP contribution >= 0.6 is 0 Å². The molecule has 0 bridgehead atoms. The van der Waals surface area contributed by atoms with Gasteiger partial charge in [-0.2, -0.15) is 0 Å². The molecule has 0 radical (unpaired) electrons. The van der Waals surface area contributed by atoms with E-state index in [2.05, 4.69) is 25.2 Å². The molecule has 1 heterocycles. The predicted molar refractivity (Wildman–Crippen MR) is 66.4 cm³/mol. The first-order valence-electron chi connectivity index (χ1n) is 6.51. The second-order valence-electron chi connectivity index (χ2n) is 5.24. The highest BCUT2D eigenvalue weighted by molar-refractivity contribution is 4.98. The first kappa shape index (κ1) is 11.7. The molecule has 2 nitrogen and oxygen atoms in total. The van der Waals surface area contributed by atoms with Crippen molar-refractivity contribution in [3.05, 3.63) is 24.2 Å². The molecule has 2 atom stereocenters. The van der Waals surface area contributed by atoms with Gasteiger partial charge < -0.3 is 9.73 Å². The van der Waals surface area contributed by atoms with Gasteiger partial charge in [0.1, 0.15) is 5.76 Å². The van der Waals surface area contributed by atoms with Crippen LogP contribution in [0.25, 0.3) is 0 Å². The molecule has 0 aliphatic heterocycles. The van der Waals surface area contributed by atoms with Crippen molar-refractivity contribution in [3.63, 3.8) is 0 Å². The van der Waals surface area contributed by atoms with E-state index in [1.807, 2.05) is 6.07 Å². The van der Waals surface area contributed by atoms with Crippen molar-refractivity contribution in [3.8, 4) is 0 Å². The van der Waals surface area contributed by atoms with E-state index in [0.29, 0.717) is 6.04 Å². The molecule has 0 saturated heterocycles. The molecule has 90 valence electrons. The average Bonchev–Trinajstić information content (AvgIpc) is 3.01. The van der Waals surface area contributed by atoms with E-state index < -0.39 is 0 Å². The lowest BCUT2D eigenvalue weighted by molar-refractivity contribution is 0.405. The van der Waals surface area contributed by atoms with E-state index in [1.165, 1.54) is 19.4 Å². The number of aryl methyl sites for hydroxylation is 1. The van der Waals surface area contributed by atoms with Crippen LogP contribution in [0.15, 0.2) is 22.8 Å². The third-order valence-corrected chi connectivity index (χ3v) is 3.62. The Kier molecular flexibility index (Phi) is 4.05. The maximum atomic E-state index is 5.33. The maximum Gasteiger partial charge on any atom is 0.103 e. The van der Waals surface area contributed by atoms with Crippen LogP contribution in [0.5, 0.6) is 0 Å². The summed E-state index contributed by atoms with van der Waals surface area (Å²) in [5.41, 5.74) is 0. The van der Waals surface area contributed by atoms with Crippen LogP contribution in [0.2, 0.25) is 0 Å². The highest BCUT2D eigenvalue weighted by Gasteiger charge is 2.27. The van der Waals surface area contributed by atoms with Gasteiger partial charge in [0.15, 0.2) is 0 Å². The topological polar surface area (TPSA) is 25.2 Å². The second kappa shape index (κ2) is 5.53. The monoisotopic (exact) mass is 221 g/mol. The van der Waals surface area contributed by atoms with Gasteiger partial charge >= 0.3 is 0 Å². The standard InChI is InChI=1S/C14H23NO/c1-11(13-6-7-13)10-15-12(2)5-8-14-4-3-9-16-14/h3-4,9,11-13,15H,5-8,10H2,1-2H3. The molecule has 1 aromatic rings. The summed E-state index contributed by atoms with van der Waals surface area (Å²) >= 11 is 0. The van der Waals surface area contributed by atoms with E-state index >= 15 is 0 Å². The van der Waals surface area contributed by atoms with Gasteiger partial charge in [0.2, 0.25) is 0 Å². The molecular weight excluding hydrogens is 198 g/mol. The molecule has 2 unspecified atom stereocenters. The summed E-state index contributed by atoms with van der Waals surface area (Å²) < 4.78 is 5.33. The highest BCUT2D eigenvalue weighted by Crippen LogP contribution is 2.36. The van der Waals surface area contributed by atoms with Crippen molar-refractivity contribution in [1.82, 2.24) is 5.32 Å². The fourth-order valence-electron chi connectivity index (χ4n) is 2.13. The van der Waals surface area contributed by atoms with Gasteiger partial charge in [0.25, 0.3) is 0 Å². The SMILES string of the molecule is CC(CCc1ccco1)NCC(C)C1CC1. The quantitative estimate of drug-likeness (QED) is 0.764. The first-order chi connectivity index (χ1) is 7.75. The van der Waals surface area contributed by atoms with Crippen LogP contribution in [-0.2, 0) is 6.42 Å². The van der Waals surface area contributed by atoms with Crippen LogP contribution in [0.4, 0.5) is 0 Å². The molecule has 0 spiro atoms. The van der Waals surface area contributed by atoms with Gasteiger partial charge in [-0.3, -0.25) is 0 Å². The van der Waals surface area contributed by atoms with Gasteiger partial charge in [-0.1, -0.05) is 6.92 Å². The van der Waals surface area contributed by atoms with Gasteiger partial charge in [0.05, 0.1) is 6.26 Å². The zero-order valence-corrected chi connectivity index (χ0v) is 10.4. The van der Waals surface area contributed by atoms with Crippen LogP contribution < -0.4 is 5.32 Å². The Bertz CT molecular complexity index is 290. The number of hydrogen-bond acceptors (Lipinski definition) is 2. The Labute approximate surface area is 98.4 Å². The molecule has 16 heavy (non-hydrogen) atoms. The van der Waals surface area contributed by atoms with Crippen molar-refractivity contribution in [2.75, 3.05) is 6.54 Å². The molecule has 2 heteroatoms. The largest absolute Gasteiger partial charge is 0.469 e. The number of rotatable bonds is 7. The van der Waals surface area contributed by atoms with Crippen molar-refractivity contribution < 1.29 is 4.42 Å². The van der Waals surface area contributed by atoms with E-state index in [4.69, 9.17) is 4.42 Å². The Morgan fingerprint density at radius 3 is 2.88 bits per heavy atom. The Morgan fingerprint density at radius 2 is 2.25 bits per heavy atom. The highest BCUT2D eigenvalue weighted by atomic mass is 16.3. The number of furan rings is 1. The smallest absolute Gasteiger partial charge is 0.103 e. The summed E-state index contributed by atoms with van der Waals surface area (Å²) in [6, 6.07) is 4.61. The lowest BCUT2D eigenvalue weighted by atomic mass is 10.1. The molecular formula is C14H23NO.